The molecule has 1 aromatic heterocycles. The number of benzene rings is 2. The van der Waals surface area contributed by atoms with E-state index in [-0.39, 0.29) is 17.5 Å². The largest absolute Gasteiger partial charge is 0.497 e. The molecule has 0 unspecified atom stereocenters. The lowest BCUT2D eigenvalue weighted by atomic mass is 9.77. The number of aryl methyl sites for hydroxylation is 1. The second-order valence-electron chi connectivity index (χ2n) is 6.94. The van der Waals surface area contributed by atoms with Gasteiger partial charge in [-0.25, -0.2) is 0 Å². The van der Waals surface area contributed by atoms with Crippen LogP contribution in [-0.4, -0.2) is 18.7 Å². The average molecular weight is 376 g/mol. The van der Waals surface area contributed by atoms with Crippen molar-refractivity contribution in [1.29, 1.82) is 0 Å². The van der Waals surface area contributed by atoms with Gasteiger partial charge in [0.2, 0.25) is 0 Å². The summed E-state index contributed by atoms with van der Waals surface area (Å²) >= 11 is 0. The summed E-state index contributed by atoms with van der Waals surface area (Å²) in [5.41, 5.74) is 2.68. The summed E-state index contributed by atoms with van der Waals surface area (Å²) < 4.78 is 11.2. The molecule has 0 fully saturated rings. The zero-order valence-electron chi connectivity index (χ0n) is 16.6. The van der Waals surface area contributed by atoms with Crippen molar-refractivity contribution >= 4 is 11.6 Å². The van der Waals surface area contributed by atoms with Crippen LogP contribution in [0.15, 0.2) is 65.1 Å². The summed E-state index contributed by atoms with van der Waals surface area (Å²) in [4.78, 5) is 24.7. The molecule has 0 spiro atoms. The molecule has 3 rings (SSSR count). The van der Waals surface area contributed by atoms with Gasteiger partial charge in [-0.1, -0.05) is 30.3 Å². The molecule has 0 saturated carbocycles. The third-order valence-electron chi connectivity index (χ3n) is 5.03. The SMILES string of the molecule is COc1ccc(-c2cc([C@H](c3ccccc3)C(C(C)=O)C(C)=O)c(C)o2)cc1. The van der Waals surface area contributed by atoms with E-state index in [0.29, 0.717) is 11.5 Å². The molecule has 0 bridgehead atoms. The number of methoxy groups -OCH3 is 1. The fraction of sp³-hybridized carbons (Fsp3) is 0.250. The van der Waals surface area contributed by atoms with Crippen molar-refractivity contribution in [3.05, 3.63) is 77.6 Å². The molecule has 144 valence electrons. The van der Waals surface area contributed by atoms with Gasteiger partial charge in [0.05, 0.1) is 13.0 Å². The van der Waals surface area contributed by atoms with Crippen molar-refractivity contribution in [3.8, 4) is 17.1 Å². The van der Waals surface area contributed by atoms with Crippen LogP contribution in [0.1, 0.15) is 36.7 Å². The molecular weight excluding hydrogens is 352 g/mol. The number of hydrogen-bond donors (Lipinski definition) is 0. The molecule has 2 aromatic carbocycles. The highest BCUT2D eigenvalue weighted by Gasteiger charge is 2.34. The first-order chi connectivity index (χ1) is 13.4. The monoisotopic (exact) mass is 376 g/mol. The van der Waals surface area contributed by atoms with Gasteiger partial charge < -0.3 is 9.15 Å². The molecular formula is C24H24O4. The van der Waals surface area contributed by atoms with Crippen molar-refractivity contribution in [2.24, 2.45) is 5.92 Å². The van der Waals surface area contributed by atoms with E-state index in [1.54, 1.807) is 7.11 Å². The van der Waals surface area contributed by atoms with E-state index in [2.05, 4.69) is 0 Å². The smallest absolute Gasteiger partial charge is 0.141 e. The van der Waals surface area contributed by atoms with Crippen molar-refractivity contribution in [2.45, 2.75) is 26.7 Å². The van der Waals surface area contributed by atoms with Crippen molar-refractivity contribution in [1.82, 2.24) is 0 Å². The van der Waals surface area contributed by atoms with Gasteiger partial charge in [0.1, 0.15) is 28.8 Å². The fourth-order valence-electron chi connectivity index (χ4n) is 3.67. The molecule has 0 radical (unpaired) electrons. The molecule has 0 aliphatic rings. The number of Topliss-reactive ketones (excluding diaryl/α,β-unsaturated/α-hetero) is 2. The summed E-state index contributed by atoms with van der Waals surface area (Å²) in [6.45, 7) is 4.82. The maximum Gasteiger partial charge on any atom is 0.141 e. The standard InChI is InChI=1S/C24H24O4/c1-15(25)23(16(2)26)24(19-8-6-5-7-9-19)21-14-22(28-17(21)3)18-10-12-20(27-4)13-11-18/h5-14,23-24H,1-4H3/t24-/m0/s1. The first-order valence-electron chi connectivity index (χ1n) is 9.23. The highest BCUT2D eigenvalue weighted by Crippen LogP contribution is 2.39. The summed E-state index contributed by atoms with van der Waals surface area (Å²) in [5, 5.41) is 0. The molecule has 0 saturated heterocycles. The predicted molar refractivity (Wildman–Crippen MR) is 109 cm³/mol. The second kappa shape index (κ2) is 8.26. The molecule has 4 nitrogen and oxygen atoms in total. The zero-order chi connectivity index (χ0) is 20.3. The molecule has 1 atom stereocenters. The molecule has 1 heterocycles. The highest BCUT2D eigenvalue weighted by atomic mass is 16.5. The Bertz CT molecular complexity index is 954. The van der Waals surface area contributed by atoms with Crippen molar-refractivity contribution < 1.29 is 18.7 Å². The van der Waals surface area contributed by atoms with Gasteiger partial charge in [-0.05, 0) is 56.7 Å². The van der Waals surface area contributed by atoms with Crippen LogP contribution in [0.5, 0.6) is 5.75 Å². The lowest BCUT2D eigenvalue weighted by molar-refractivity contribution is -0.130. The Labute approximate surface area is 165 Å². The van der Waals surface area contributed by atoms with Gasteiger partial charge in [-0.15, -0.1) is 0 Å². The van der Waals surface area contributed by atoms with E-state index in [1.807, 2.05) is 67.6 Å². The first kappa shape index (κ1) is 19.6. The average Bonchev–Trinajstić information content (AvgIpc) is 3.07. The lowest BCUT2D eigenvalue weighted by Gasteiger charge is -2.23. The Morgan fingerprint density at radius 2 is 1.54 bits per heavy atom. The summed E-state index contributed by atoms with van der Waals surface area (Å²) in [6.07, 6.45) is 0. The van der Waals surface area contributed by atoms with Crippen LogP contribution in [-0.2, 0) is 9.59 Å². The lowest BCUT2D eigenvalue weighted by Crippen LogP contribution is -2.28. The van der Waals surface area contributed by atoms with Gasteiger partial charge in [-0.3, -0.25) is 9.59 Å². The van der Waals surface area contributed by atoms with Crippen LogP contribution < -0.4 is 4.74 Å². The van der Waals surface area contributed by atoms with Crippen LogP contribution in [0.2, 0.25) is 0 Å². The first-order valence-corrected chi connectivity index (χ1v) is 9.23. The Balaban J connectivity index is 2.11. The molecule has 0 aliphatic heterocycles. The van der Waals surface area contributed by atoms with Crippen LogP contribution in [0, 0.1) is 12.8 Å². The number of ether oxygens (including phenoxy) is 1. The highest BCUT2D eigenvalue weighted by molar-refractivity contribution is 6.01. The Kier molecular flexibility index (Phi) is 5.78. The molecule has 28 heavy (non-hydrogen) atoms. The number of furan rings is 1. The van der Waals surface area contributed by atoms with Crippen molar-refractivity contribution in [2.75, 3.05) is 7.11 Å². The molecule has 4 heteroatoms. The van der Waals surface area contributed by atoms with Crippen LogP contribution in [0.3, 0.4) is 0 Å². The van der Waals surface area contributed by atoms with Crippen LogP contribution in [0.25, 0.3) is 11.3 Å². The third kappa shape index (κ3) is 3.91. The van der Waals surface area contributed by atoms with Gasteiger partial charge in [0.25, 0.3) is 0 Å². The maximum atomic E-state index is 12.4. The molecule has 0 amide bonds. The van der Waals surface area contributed by atoms with E-state index in [9.17, 15) is 9.59 Å². The Morgan fingerprint density at radius 1 is 0.929 bits per heavy atom. The van der Waals surface area contributed by atoms with E-state index < -0.39 is 5.92 Å². The Hall–Kier alpha value is -3.14. The Morgan fingerprint density at radius 3 is 2.07 bits per heavy atom. The summed E-state index contributed by atoms with van der Waals surface area (Å²) in [5.74, 6) is 0.743. The third-order valence-corrected chi connectivity index (χ3v) is 5.03. The van der Waals surface area contributed by atoms with E-state index >= 15 is 0 Å². The quantitative estimate of drug-likeness (QED) is 0.533. The topological polar surface area (TPSA) is 56.5 Å². The second-order valence-corrected chi connectivity index (χ2v) is 6.94. The van der Waals surface area contributed by atoms with Gasteiger partial charge in [-0.2, -0.15) is 0 Å². The zero-order valence-corrected chi connectivity index (χ0v) is 16.6. The number of ketones is 2. The molecule has 0 aliphatic carbocycles. The molecule has 0 N–H and O–H groups in total. The minimum Gasteiger partial charge on any atom is -0.497 e. The summed E-state index contributed by atoms with van der Waals surface area (Å²) in [6, 6.07) is 19.2. The predicted octanol–water partition coefficient (Wildman–Crippen LogP) is 5.19. The number of rotatable bonds is 7. The summed E-state index contributed by atoms with van der Waals surface area (Å²) in [7, 11) is 1.62. The number of hydrogen-bond acceptors (Lipinski definition) is 4. The minimum atomic E-state index is -0.748. The van der Waals surface area contributed by atoms with E-state index in [0.717, 1.165) is 22.4 Å². The number of carbonyl (C=O) groups is 2. The van der Waals surface area contributed by atoms with Crippen LogP contribution in [0.4, 0.5) is 0 Å². The van der Waals surface area contributed by atoms with E-state index in [1.165, 1.54) is 13.8 Å². The minimum absolute atomic E-state index is 0.145. The number of carbonyl (C=O) groups excluding carboxylic acids is 2. The molecule has 3 aromatic rings. The van der Waals surface area contributed by atoms with Gasteiger partial charge in [0.15, 0.2) is 0 Å². The fourth-order valence-corrected chi connectivity index (χ4v) is 3.67. The van der Waals surface area contributed by atoms with E-state index in [4.69, 9.17) is 9.15 Å². The van der Waals surface area contributed by atoms with Gasteiger partial charge >= 0.3 is 0 Å². The van der Waals surface area contributed by atoms with Crippen molar-refractivity contribution in [3.63, 3.8) is 0 Å². The van der Waals surface area contributed by atoms with Gasteiger partial charge in [0, 0.05) is 17.0 Å². The maximum absolute atomic E-state index is 12.4. The normalized spacial score (nSPS) is 12.0. The van der Waals surface area contributed by atoms with Crippen LogP contribution >= 0.6 is 0 Å².